The molecule has 1 aliphatic heterocycles. The number of benzene rings is 2. The van der Waals surface area contributed by atoms with E-state index < -0.39 is 42.2 Å². The highest BCUT2D eigenvalue weighted by molar-refractivity contribution is 6.30. The summed E-state index contributed by atoms with van der Waals surface area (Å²) in [6, 6.07) is 5.35. The van der Waals surface area contributed by atoms with E-state index in [0.29, 0.717) is 34.8 Å². The molecule has 0 spiro atoms. The molecule has 11 heteroatoms. The number of hydrogen-bond acceptors (Lipinski definition) is 3. The number of nitrogens with one attached hydrogen (secondary N) is 1. The average molecular weight is 481 g/mol. The fourth-order valence-corrected chi connectivity index (χ4v) is 3.92. The Labute approximate surface area is 185 Å². The average Bonchev–Trinajstić information content (AvgIpc) is 2.69. The fraction of sp³-hybridized carbons (Fsp3) is 0.381. The minimum atomic E-state index is -4.99. The van der Waals surface area contributed by atoms with Crippen LogP contribution in [0.25, 0.3) is 0 Å². The van der Waals surface area contributed by atoms with Crippen LogP contribution in [-0.4, -0.2) is 24.1 Å². The Morgan fingerprint density at radius 3 is 2.22 bits per heavy atom. The molecule has 0 saturated carbocycles. The van der Waals surface area contributed by atoms with Gasteiger partial charge in [0.2, 0.25) is 0 Å². The second-order valence-corrected chi connectivity index (χ2v) is 7.98. The maximum atomic E-state index is 13.2. The molecular formula is C21H19ClF6N2O2. The molecule has 0 radical (unpaired) electrons. The predicted molar refractivity (Wildman–Crippen MR) is 106 cm³/mol. The van der Waals surface area contributed by atoms with Crippen LogP contribution in [0.3, 0.4) is 0 Å². The molecule has 0 fully saturated rings. The molecule has 4 nitrogen and oxygen atoms in total. The summed E-state index contributed by atoms with van der Waals surface area (Å²) in [5.41, 5.74) is -1.97. The van der Waals surface area contributed by atoms with Crippen LogP contribution >= 0.6 is 11.6 Å². The summed E-state index contributed by atoms with van der Waals surface area (Å²) in [6.45, 7) is 1.32. The number of nitrogens with zero attached hydrogens (tertiary/aromatic N) is 1. The van der Waals surface area contributed by atoms with Gasteiger partial charge >= 0.3 is 18.4 Å². The van der Waals surface area contributed by atoms with Gasteiger partial charge in [-0.1, -0.05) is 17.7 Å². The van der Waals surface area contributed by atoms with Crippen molar-refractivity contribution in [3.63, 3.8) is 0 Å². The first kappa shape index (κ1) is 24.0. The second-order valence-electron chi connectivity index (χ2n) is 7.54. The minimum Gasteiger partial charge on any atom is -0.453 e. The van der Waals surface area contributed by atoms with Crippen molar-refractivity contribution in [2.24, 2.45) is 0 Å². The zero-order valence-electron chi connectivity index (χ0n) is 16.9. The van der Waals surface area contributed by atoms with Gasteiger partial charge in [-0.25, -0.2) is 4.79 Å². The molecule has 2 atom stereocenters. The zero-order chi connectivity index (χ0) is 23.8. The molecule has 1 amide bonds. The van der Waals surface area contributed by atoms with Crippen molar-refractivity contribution in [3.05, 3.63) is 63.7 Å². The van der Waals surface area contributed by atoms with Crippen LogP contribution in [0.5, 0.6) is 0 Å². The van der Waals surface area contributed by atoms with Crippen molar-refractivity contribution in [1.29, 1.82) is 0 Å². The smallest absolute Gasteiger partial charge is 0.416 e. The number of amides is 1. The van der Waals surface area contributed by atoms with E-state index >= 15 is 0 Å². The van der Waals surface area contributed by atoms with Crippen LogP contribution in [0.1, 0.15) is 41.6 Å². The number of halogens is 7. The molecule has 1 N–H and O–H groups in total. The van der Waals surface area contributed by atoms with Gasteiger partial charge in [0.1, 0.15) is 0 Å². The second kappa shape index (κ2) is 8.73. The number of alkyl halides is 6. The van der Waals surface area contributed by atoms with E-state index in [1.807, 2.05) is 6.92 Å². The van der Waals surface area contributed by atoms with Crippen LogP contribution in [0, 0.1) is 0 Å². The third kappa shape index (κ3) is 5.23. The lowest BCUT2D eigenvalue weighted by Gasteiger charge is -2.38. The molecule has 0 unspecified atom stereocenters. The molecular weight excluding hydrogens is 462 g/mol. The van der Waals surface area contributed by atoms with Crippen molar-refractivity contribution in [1.82, 2.24) is 4.90 Å². The summed E-state index contributed by atoms with van der Waals surface area (Å²) < 4.78 is 84.3. The zero-order valence-corrected chi connectivity index (χ0v) is 17.7. The lowest BCUT2D eigenvalue weighted by molar-refractivity contribution is -0.143. The van der Waals surface area contributed by atoms with Crippen LogP contribution in [0.15, 0.2) is 36.4 Å². The summed E-state index contributed by atoms with van der Waals surface area (Å²) >= 11 is 6.03. The van der Waals surface area contributed by atoms with Gasteiger partial charge in [-0.05, 0) is 54.8 Å². The molecule has 0 bridgehead atoms. The van der Waals surface area contributed by atoms with Crippen LogP contribution < -0.4 is 5.32 Å². The molecule has 32 heavy (non-hydrogen) atoms. The number of carbonyl (C=O) groups excluding carboxylic acids is 1. The van der Waals surface area contributed by atoms with Gasteiger partial charge < -0.3 is 10.1 Å². The van der Waals surface area contributed by atoms with Crippen molar-refractivity contribution in [2.45, 2.75) is 44.3 Å². The summed E-state index contributed by atoms with van der Waals surface area (Å²) in [4.78, 5) is 13.7. The van der Waals surface area contributed by atoms with Crippen molar-refractivity contribution < 1.29 is 35.9 Å². The highest BCUT2D eigenvalue weighted by atomic mass is 35.5. The van der Waals surface area contributed by atoms with Crippen molar-refractivity contribution in [3.8, 4) is 0 Å². The molecule has 2 aromatic rings. The van der Waals surface area contributed by atoms with Crippen molar-refractivity contribution >= 4 is 23.4 Å². The Hall–Kier alpha value is -2.62. The molecule has 0 aromatic heterocycles. The van der Waals surface area contributed by atoms with Gasteiger partial charge in [0.15, 0.2) is 0 Å². The summed E-state index contributed by atoms with van der Waals surface area (Å²) in [5, 5.41) is 3.64. The van der Waals surface area contributed by atoms with Gasteiger partial charge in [-0.3, -0.25) is 4.90 Å². The largest absolute Gasteiger partial charge is 0.453 e. The van der Waals surface area contributed by atoms with Crippen LogP contribution in [-0.2, 0) is 23.6 Å². The van der Waals surface area contributed by atoms with Crippen LogP contribution in [0.4, 0.5) is 36.8 Å². The Bertz CT molecular complexity index is 977. The molecule has 1 aliphatic rings. The quantitative estimate of drug-likeness (QED) is 0.486. The topological polar surface area (TPSA) is 41.6 Å². The third-order valence-electron chi connectivity index (χ3n) is 5.14. The lowest BCUT2D eigenvalue weighted by Crippen LogP contribution is -2.39. The molecule has 2 aromatic carbocycles. The lowest BCUT2D eigenvalue weighted by atomic mass is 9.92. The van der Waals surface area contributed by atoms with E-state index in [4.69, 9.17) is 16.3 Å². The van der Waals surface area contributed by atoms with E-state index in [9.17, 15) is 31.1 Å². The van der Waals surface area contributed by atoms with Gasteiger partial charge in [0, 0.05) is 23.3 Å². The van der Waals surface area contributed by atoms with Crippen LogP contribution in [0.2, 0.25) is 5.02 Å². The normalized spacial score (nSPS) is 18.5. The Kier molecular flexibility index (Phi) is 6.55. The Morgan fingerprint density at radius 2 is 1.69 bits per heavy atom. The molecule has 3 rings (SSSR count). The first-order valence-electron chi connectivity index (χ1n) is 9.48. The maximum Gasteiger partial charge on any atom is 0.416 e. The van der Waals surface area contributed by atoms with E-state index in [1.54, 1.807) is 18.2 Å². The predicted octanol–water partition coefficient (Wildman–Crippen LogP) is 6.89. The number of carbonyl (C=O) groups is 1. The first-order valence-corrected chi connectivity index (χ1v) is 9.86. The molecule has 0 saturated heterocycles. The minimum absolute atomic E-state index is 0.0515. The monoisotopic (exact) mass is 480 g/mol. The number of ether oxygens (including phenoxy) is 1. The van der Waals surface area contributed by atoms with Gasteiger partial charge in [0.05, 0.1) is 24.3 Å². The molecule has 1 heterocycles. The number of anilines is 1. The van der Waals surface area contributed by atoms with E-state index in [1.165, 1.54) is 0 Å². The fourth-order valence-electron chi connectivity index (χ4n) is 3.75. The number of rotatable bonds is 3. The van der Waals surface area contributed by atoms with Gasteiger partial charge in [-0.15, -0.1) is 0 Å². The maximum absolute atomic E-state index is 13.2. The van der Waals surface area contributed by atoms with E-state index in [0.717, 1.165) is 12.0 Å². The summed E-state index contributed by atoms with van der Waals surface area (Å²) in [6.07, 6.45) is -10.5. The third-order valence-corrected chi connectivity index (χ3v) is 5.37. The number of methoxy groups -OCH3 is 1. The standard InChI is InChI=1S/C21H19ClF6N2O2/c1-11-5-18(16-4-3-15(22)9-17(16)29-11)30(19(31)32-2)10-12-6-13(20(23,24)25)8-14(7-12)21(26,27)28/h3-4,6-9,11,18,29H,5,10H2,1-2H3/t11-,18+/m1/s1. The number of fused-ring (bicyclic) bond motifs is 1. The van der Waals surface area contributed by atoms with Gasteiger partial charge in [-0.2, -0.15) is 26.3 Å². The molecule has 0 aliphatic carbocycles. The summed E-state index contributed by atoms with van der Waals surface area (Å²) in [5.74, 6) is 0. The number of hydrogen-bond donors (Lipinski definition) is 1. The highest BCUT2D eigenvalue weighted by Crippen LogP contribution is 2.40. The molecule has 174 valence electrons. The Balaban J connectivity index is 2.07. The van der Waals surface area contributed by atoms with E-state index in [-0.39, 0.29) is 17.7 Å². The Morgan fingerprint density at radius 1 is 1.09 bits per heavy atom. The van der Waals surface area contributed by atoms with Crippen molar-refractivity contribution in [2.75, 3.05) is 12.4 Å². The summed E-state index contributed by atoms with van der Waals surface area (Å²) in [7, 11) is 1.09. The van der Waals surface area contributed by atoms with Gasteiger partial charge in [0.25, 0.3) is 0 Å². The SMILES string of the molecule is COC(=O)N(Cc1cc(C(F)(F)F)cc(C(F)(F)F)c1)[C@H]1C[C@@H](C)Nc2cc(Cl)ccc21. The highest BCUT2D eigenvalue weighted by Gasteiger charge is 2.38. The van der Waals surface area contributed by atoms with E-state index in [2.05, 4.69) is 5.32 Å². The first-order chi connectivity index (χ1) is 14.8.